The van der Waals surface area contributed by atoms with E-state index in [0.717, 1.165) is 36.1 Å². The third kappa shape index (κ3) is 7.31. The van der Waals surface area contributed by atoms with E-state index in [1.165, 1.54) is 11.0 Å². The van der Waals surface area contributed by atoms with E-state index in [0.29, 0.717) is 12.3 Å². The maximum atomic E-state index is 12.2. The van der Waals surface area contributed by atoms with Gasteiger partial charge in [-0.2, -0.15) is 0 Å². The summed E-state index contributed by atoms with van der Waals surface area (Å²) in [5.74, 6) is -0.166. The molecule has 0 spiro atoms. The zero-order chi connectivity index (χ0) is 22.2. The Labute approximate surface area is 182 Å². The zero-order valence-electron chi connectivity index (χ0n) is 17.5. The number of hydrogen-bond donors (Lipinski definition) is 4. The van der Waals surface area contributed by atoms with E-state index in [1.807, 2.05) is 48.5 Å². The number of rotatable bonds is 11. The molecule has 2 aromatic carbocycles. The number of hydrogen-bond acceptors (Lipinski definition) is 5. The van der Waals surface area contributed by atoms with Crippen LogP contribution in [0.5, 0.6) is 0 Å². The van der Waals surface area contributed by atoms with Gasteiger partial charge >= 0.3 is 0 Å². The van der Waals surface area contributed by atoms with Crippen molar-refractivity contribution >= 4 is 23.3 Å². The molecule has 0 heterocycles. The van der Waals surface area contributed by atoms with Crippen molar-refractivity contribution in [2.24, 2.45) is 5.73 Å². The number of aryl methyl sites for hydroxylation is 1. The van der Waals surface area contributed by atoms with Gasteiger partial charge in [-0.3, -0.25) is 19.6 Å². The Morgan fingerprint density at radius 2 is 1.55 bits per heavy atom. The van der Waals surface area contributed by atoms with Crippen molar-refractivity contribution in [3.63, 3.8) is 0 Å². The number of hydroxylamine groups is 1. The molecule has 1 aliphatic carbocycles. The molecule has 0 bridgehead atoms. The van der Waals surface area contributed by atoms with Gasteiger partial charge in [-0.15, -0.1) is 0 Å². The number of amides is 2. The van der Waals surface area contributed by atoms with E-state index in [9.17, 15) is 14.4 Å². The highest BCUT2D eigenvalue weighted by Crippen LogP contribution is 2.39. The molecule has 1 saturated carbocycles. The van der Waals surface area contributed by atoms with Crippen LogP contribution in [0.25, 0.3) is 0 Å². The molecule has 7 heteroatoms. The van der Waals surface area contributed by atoms with Crippen molar-refractivity contribution in [2.45, 2.75) is 56.9 Å². The first-order chi connectivity index (χ1) is 14.9. The van der Waals surface area contributed by atoms with E-state index >= 15 is 0 Å². The Morgan fingerprint density at radius 3 is 2.16 bits per heavy atom. The summed E-state index contributed by atoms with van der Waals surface area (Å²) in [4.78, 5) is 35.0. The summed E-state index contributed by atoms with van der Waals surface area (Å²) >= 11 is 0. The number of carbonyl (C=O) groups excluding carboxylic acids is 3. The Hall–Kier alpha value is -3.03. The van der Waals surface area contributed by atoms with Gasteiger partial charge < -0.3 is 11.1 Å². The molecule has 5 N–H and O–H groups in total. The molecule has 31 heavy (non-hydrogen) atoms. The van der Waals surface area contributed by atoms with Crippen LogP contribution in [0.2, 0.25) is 0 Å². The highest BCUT2D eigenvalue weighted by atomic mass is 16.5. The first kappa shape index (κ1) is 22.7. The molecule has 2 atom stereocenters. The highest BCUT2D eigenvalue weighted by molar-refractivity contribution is 5.90. The second-order valence-electron chi connectivity index (χ2n) is 8.10. The van der Waals surface area contributed by atoms with Gasteiger partial charge in [0, 0.05) is 43.3 Å². The maximum Gasteiger partial charge on any atom is 0.243 e. The first-order valence-corrected chi connectivity index (χ1v) is 10.6. The van der Waals surface area contributed by atoms with Crippen LogP contribution in [-0.4, -0.2) is 28.8 Å². The second-order valence-corrected chi connectivity index (χ2v) is 8.10. The normalized spacial score (nSPS) is 17.1. The van der Waals surface area contributed by atoms with Gasteiger partial charge in [-0.1, -0.05) is 36.4 Å². The molecule has 0 aromatic heterocycles. The van der Waals surface area contributed by atoms with E-state index < -0.39 is 5.91 Å². The maximum absolute atomic E-state index is 12.2. The van der Waals surface area contributed by atoms with Gasteiger partial charge in [0.2, 0.25) is 11.8 Å². The number of nitrogens with one attached hydrogen (secondary N) is 2. The SMILES string of the molecule is NC1CC1c1ccc(NC(=O)CCCc2ccc(CC(=O)CCC(=O)NO)cc2)cc1. The molecular weight excluding hydrogens is 394 g/mol. The van der Waals surface area contributed by atoms with Gasteiger partial charge in [-0.25, -0.2) is 5.48 Å². The van der Waals surface area contributed by atoms with Crippen molar-refractivity contribution in [1.29, 1.82) is 0 Å². The van der Waals surface area contributed by atoms with Crippen LogP contribution in [0.1, 0.15) is 54.7 Å². The molecule has 0 radical (unpaired) electrons. The van der Waals surface area contributed by atoms with Crippen LogP contribution in [0, 0.1) is 0 Å². The number of benzene rings is 2. The van der Waals surface area contributed by atoms with Crippen LogP contribution >= 0.6 is 0 Å². The van der Waals surface area contributed by atoms with Gasteiger partial charge in [0.15, 0.2) is 0 Å². The summed E-state index contributed by atoms with van der Waals surface area (Å²) in [6, 6.07) is 15.9. The monoisotopic (exact) mass is 423 g/mol. The first-order valence-electron chi connectivity index (χ1n) is 10.6. The minimum atomic E-state index is -0.562. The van der Waals surface area contributed by atoms with E-state index in [-0.39, 0.29) is 37.0 Å². The molecule has 2 unspecified atom stereocenters. The van der Waals surface area contributed by atoms with Crippen molar-refractivity contribution in [1.82, 2.24) is 5.48 Å². The Balaban J connectivity index is 1.35. The fraction of sp³-hybridized carbons (Fsp3) is 0.375. The predicted molar refractivity (Wildman–Crippen MR) is 118 cm³/mol. The van der Waals surface area contributed by atoms with Crippen LogP contribution in [0.15, 0.2) is 48.5 Å². The fourth-order valence-electron chi connectivity index (χ4n) is 3.54. The van der Waals surface area contributed by atoms with Gasteiger partial charge in [0.05, 0.1) is 0 Å². The van der Waals surface area contributed by atoms with E-state index in [1.54, 1.807) is 0 Å². The molecule has 1 fully saturated rings. The zero-order valence-corrected chi connectivity index (χ0v) is 17.5. The lowest BCUT2D eigenvalue weighted by Gasteiger charge is -2.07. The predicted octanol–water partition coefficient (Wildman–Crippen LogP) is 2.86. The lowest BCUT2D eigenvalue weighted by molar-refractivity contribution is -0.131. The summed E-state index contributed by atoms with van der Waals surface area (Å²) < 4.78 is 0. The minimum absolute atomic E-state index is 0.00925. The quantitative estimate of drug-likeness (QED) is 0.327. The molecule has 7 nitrogen and oxygen atoms in total. The molecule has 2 aromatic rings. The van der Waals surface area contributed by atoms with Gasteiger partial charge in [-0.05, 0) is 48.1 Å². The number of Topliss-reactive ketones (excluding diaryl/α,β-unsaturated/α-hetero) is 1. The average molecular weight is 424 g/mol. The second kappa shape index (κ2) is 10.8. The fourth-order valence-corrected chi connectivity index (χ4v) is 3.54. The lowest BCUT2D eigenvalue weighted by atomic mass is 10.0. The number of ketones is 1. The molecule has 164 valence electrons. The molecule has 0 saturated heterocycles. The van der Waals surface area contributed by atoms with Crippen LogP contribution in [0.4, 0.5) is 5.69 Å². The summed E-state index contributed by atoms with van der Waals surface area (Å²) in [6.45, 7) is 0. The molecule has 1 aliphatic rings. The van der Waals surface area contributed by atoms with Crippen molar-refractivity contribution < 1.29 is 19.6 Å². The van der Waals surface area contributed by atoms with Crippen LogP contribution in [0.3, 0.4) is 0 Å². The molecule has 0 aliphatic heterocycles. The van der Waals surface area contributed by atoms with E-state index in [2.05, 4.69) is 5.32 Å². The van der Waals surface area contributed by atoms with Crippen molar-refractivity contribution in [3.05, 3.63) is 65.2 Å². The number of carbonyl (C=O) groups is 3. The van der Waals surface area contributed by atoms with Gasteiger partial charge in [0.1, 0.15) is 5.78 Å². The standard InChI is InChI=1S/C24H29N3O4/c25-22-15-21(22)18-8-10-19(11-9-18)26-23(29)3-1-2-16-4-6-17(7-5-16)14-20(28)12-13-24(30)27-31/h4-11,21-22,31H,1-3,12-15,25H2,(H,26,29)(H,27,30). The Kier molecular flexibility index (Phi) is 7.92. The third-order valence-corrected chi connectivity index (χ3v) is 5.51. The van der Waals surface area contributed by atoms with Crippen molar-refractivity contribution in [3.8, 4) is 0 Å². The Morgan fingerprint density at radius 1 is 0.903 bits per heavy atom. The number of anilines is 1. The molecular formula is C24H29N3O4. The smallest absolute Gasteiger partial charge is 0.243 e. The van der Waals surface area contributed by atoms with Crippen LogP contribution in [-0.2, 0) is 27.2 Å². The Bertz CT molecular complexity index is 909. The largest absolute Gasteiger partial charge is 0.327 e. The topological polar surface area (TPSA) is 122 Å². The minimum Gasteiger partial charge on any atom is -0.327 e. The lowest BCUT2D eigenvalue weighted by Crippen LogP contribution is -2.19. The summed E-state index contributed by atoms with van der Waals surface area (Å²) in [7, 11) is 0. The average Bonchev–Trinajstić information content (AvgIpc) is 3.50. The summed E-state index contributed by atoms with van der Waals surface area (Å²) in [5, 5.41) is 11.4. The van der Waals surface area contributed by atoms with E-state index in [4.69, 9.17) is 10.9 Å². The van der Waals surface area contributed by atoms with Gasteiger partial charge in [0.25, 0.3) is 0 Å². The summed E-state index contributed by atoms with van der Waals surface area (Å²) in [5.41, 5.74) is 11.4. The highest BCUT2D eigenvalue weighted by Gasteiger charge is 2.34. The van der Waals surface area contributed by atoms with Crippen molar-refractivity contribution in [2.75, 3.05) is 5.32 Å². The number of nitrogens with two attached hydrogens (primary N) is 1. The molecule has 3 rings (SSSR count). The molecule has 2 amide bonds. The third-order valence-electron chi connectivity index (χ3n) is 5.51. The summed E-state index contributed by atoms with van der Waals surface area (Å²) in [6.07, 6.45) is 3.31. The van der Waals surface area contributed by atoms with Crippen LogP contribution < -0.4 is 16.5 Å².